The Labute approximate surface area is 134 Å². The van der Waals surface area contributed by atoms with Gasteiger partial charge in [-0.15, -0.1) is 0 Å². The van der Waals surface area contributed by atoms with E-state index in [1.807, 2.05) is 0 Å². The highest BCUT2D eigenvalue weighted by Crippen LogP contribution is 2.22. The quantitative estimate of drug-likeness (QED) is 0.554. The van der Waals surface area contributed by atoms with E-state index >= 15 is 0 Å². The fraction of sp³-hybridized carbons (Fsp3) is 0.188. The lowest BCUT2D eigenvalue weighted by atomic mass is 10.0. The zero-order valence-electron chi connectivity index (χ0n) is 12.3. The van der Waals surface area contributed by atoms with E-state index in [2.05, 4.69) is 5.32 Å². The highest BCUT2D eigenvalue weighted by atomic mass is 32.2. The first-order valence-corrected chi connectivity index (χ1v) is 8.59. The second kappa shape index (κ2) is 7.26. The van der Waals surface area contributed by atoms with Crippen LogP contribution >= 0.6 is 0 Å². The van der Waals surface area contributed by atoms with Crippen LogP contribution in [0.1, 0.15) is 16.8 Å². The van der Waals surface area contributed by atoms with E-state index in [1.165, 1.54) is 0 Å². The Kier molecular flexibility index (Phi) is 5.36. The van der Waals surface area contributed by atoms with Gasteiger partial charge in [0.25, 0.3) is 16.0 Å². The highest BCUT2D eigenvalue weighted by Gasteiger charge is 2.07. The van der Waals surface area contributed by atoms with Crippen LogP contribution in [-0.2, 0) is 10.1 Å². The van der Waals surface area contributed by atoms with Crippen molar-refractivity contribution >= 4 is 16.0 Å². The van der Waals surface area contributed by atoms with Crippen molar-refractivity contribution in [2.75, 3.05) is 12.3 Å². The van der Waals surface area contributed by atoms with Crippen molar-refractivity contribution in [1.82, 2.24) is 5.32 Å². The van der Waals surface area contributed by atoms with E-state index in [0.717, 1.165) is 11.1 Å². The molecule has 122 valence electrons. The first-order valence-electron chi connectivity index (χ1n) is 6.98. The van der Waals surface area contributed by atoms with Crippen LogP contribution in [0.3, 0.4) is 0 Å². The smallest absolute Gasteiger partial charge is 0.264 e. The van der Waals surface area contributed by atoms with Crippen molar-refractivity contribution < 1.29 is 22.9 Å². The van der Waals surface area contributed by atoms with E-state index in [9.17, 15) is 18.3 Å². The van der Waals surface area contributed by atoms with E-state index in [0.29, 0.717) is 5.56 Å². The third kappa shape index (κ3) is 5.39. The molecule has 23 heavy (non-hydrogen) atoms. The van der Waals surface area contributed by atoms with Gasteiger partial charge in [0.1, 0.15) is 5.75 Å². The summed E-state index contributed by atoms with van der Waals surface area (Å²) in [5, 5.41) is 11.9. The first kappa shape index (κ1) is 17.0. The normalized spacial score (nSPS) is 11.2. The lowest BCUT2D eigenvalue weighted by Gasteiger charge is -2.06. The first-order chi connectivity index (χ1) is 10.8. The Bertz CT molecular complexity index is 767. The zero-order valence-corrected chi connectivity index (χ0v) is 13.1. The number of amides is 1. The summed E-state index contributed by atoms with van der Waals surface area (Å²) >= 11 is 0. The maximum Gasteiger partial charge on any atom is 0.264 e. The van der Waals surface area contributed by atoms with Gasteiger partial charge < -0.3 is 10.4 Å². The maximum atomic E-state index is 11.9. The second-order valence-corrected chi connectivity index (χ2v) is 6.59. The van der Waals surface area contributed by atoms with Crippen molar-refractivity contribution in [3.63, 3.8) is 0 Å². The molecule has 0 aromatic heterocycles. The molecule has 2 rings (SSSR count). The standard InChI is InChI=1S/C16H17NO5S/c18-15-8-6-13(7-9-15)12-2-4-14(5-3-12)16(19)17-10-1-11-23(20,21)22/h2-9,18H,1,10-11H2,(H,17,19)(H,20,21,22). The SMILES string of the molecule is O=C(NCCCS(=O)(=O)O)c1ccc(-c2ccc(O)cc2)cc1. The van der Waals surface area contributed by atoms with E-state index < -0.39 is 10.1 Å². The molecule has 0 radical (unpaired) electrons. The number of phenolic OH excluding ortho intramolecular Hbond substituents is 1. The molecule has 0 atom stereocenters. The molecule has 1 amide bonds. The average Bonchev–Trinajstić information content (AvgIpc) is 2.51. The maximum absolute atomic E-state index is 11.9. The van der Waals surface area contributed by atoms with Crippen molar-refractivity contribution in [2.45, 2.75) is 6.42 Å². The molecule has 0 unspecified atom stereocenters. The fourth-order valence-electron chi connectivity index (χ4n) is 2.03. The summed E-state index contributed by atoms with van der Waals surface area (Å²) in [6.45, 7) is 0.165. The van der Waals surface area contributed by atoms with Gasteiger partial charge in [-0.25, -0.2) is 0 Å². The van der Waals surface area contributed by atoms with Crippen LogP contribution in [0.5, 0.6) is 5.75 Å². The number of hydrogen-bond acceptors (Lipinski definition) is 4. The molecule has 2 aromatic rings. The molecular formula is C16H17NO5S. The van der Waals surface area contributed by atoms with Crippen molar-refractivity contribution in [1.29, 1.82) is 0 Å². The molecule has 3 N–H and O–H groups in total. The Balaban J connectivity index is 1.93. The van der Waals surface area contributed by atoms with Gasteiger partial charge in [0.15, 0.2) is 0 Å². The van der Waals surface area contributed by atoms with Gasteiger partial charge in [0, 0.05) is 12.1 Å². The molecule has 0 heterocycles. The Morgan fingerprint density at radius 2 is 1.48 bits per heavy atom. The molecule has 0 bridgehead atoms. The average molecular weight is 335 g/mol. The molecule has 2 aromatic carbocycles. The highest BCUT2D eigenvalue weighted by molar-refractivity contribution is 7.85. The van der Waals surface area contributed by atoms with Crippen LogP contribution in [0, 0.1) is 0 Å². The van der Waals surface area contributed by atoms with Crippen LogP contribution in [0.25, 0.3) is 11.1 Å². The summed E-state index contributed by atoms with van der Waals surface area (Å²) in [6, 6.07) is 13.6. The van der Waals surface area contributed by atoms with Crippen LogP contribution in [-0.4, -0.2) is 36.3 Å². The Hall–Kier alpha value is -2.38. The molecule has 0 aliphatic carbocycles. The second-order valence-electron chi connectivity index (χ2n) is 5.02. The summed E-state index contributed by atoms with van der Waals surface area (Å²) < 4.78 is 29.7. The fourth-order valence-corrected chi connectivity index (χ4v) is 2.54. The summed E-state index contributed by atoms with van der Waals surface area (Å²) in [6.07, 6.45) is 0.149. The van der Waals surface area contributed by atoms with E-state index in [1.54, 1.807) is 48.5 Å². The number of carbonyl (C=O) groups is 1. The molecule has 0 saturated carbocycles. The third-order valence-corrected chi connectivity index (χ3v) is 4.02. The monoisotopic (exact) mass is 335 g/mol. The number of nitrogens with one attached hydrogen (secondary N) is 1. The van der Waals surface area contributed by atoms with Crippen LogP contribution in [0.2, 0.25) is 0 Å². The summed E-state index contributed by atoms with van der Waals surface area (Å²) in [4.78, 5) is 11.9. The van der Waals surface area contributed by atoms with Crippen molar-refractivity contribution in [3.8, 4) is 16.9 Å². The lowest BCUT2D eigenvalue weighted by Crippen LogP contribution is -2.25. The van der Waals surface area contributed by atoms with E-state index in [-0.39, 0.29) is 30.4 Å². The van der Waals surface area contributed by atoms with Crippen molar-refractivity contribution in [2.24, 2.45) is 0 Å². The summed E-state index contributed by atoms with van der Waals surface area (Å²) in [5.74, 6) is -0.500. The molecule has 7 heteroatoms. The topological polar surface area (TPSA) is 104 Å². The largest absolute Gasteiger partial charge is 0.508 e. The van der Waals surface area contributed by atoms with Crippen LogP contribution in [0.4, 0.5) is 0 Å². The van der Waals surface area contributed by atoms with E-state index in [4.69, 9.17) is 4.55 Å². The molecule has 0 fully saturated rings. The molecule has 0 saturated heterocycles. The van der Waals surface area contributed by atoms with Gasteiger partial charge in [-0.3, -0.25) is 9.35 Å². The number of phenols is 1. The molecule has 0 aliphatic rings. The summed E-state index contributed by atoms with van der Waals surface area (Å²) in [5.41, 5.74) is 2.29. The number of rotatable bonds is 6. The van der Waals surface area contributed by atoms with Gasteiger partial charge >= 0.3 is 0 Å². The minimum atomic E-state index is -4.00. The van der Waals surface area contributed by atoms with Crippen LogP contribution < -0.4 is 5.32 Å². The lowest BCUT2D eigenvalue weighted by molar-refractivity contribution is 0.0953. The van der Waals surface area contributed by atoms with Gasteiger partial charge in [-0.2, -0.15) is 8.42 Å². The predicted octanol–water partition coefficient (Wildman–Crippen LogP) is 2.07. The number of aromatic hydroxyl groups is 1. The number of benzene rings is 2. The number of hydrogen-bond donors (Lipinski definition) is 3. The Morgan fingerprint density at radius 1 is 0.957 bits per heavy atom. The van der Waals surface area contributed by atoms with Crippen LogP contribution in [0.15, 0.2) is 48.5 Å². The molecule has 0 spiro atoms. The molecule has 6 nitrogen and oxygen atoms in total. The van der Waals surface area contributed by atoms with Gasteiger partial charge in [-0.05, 0) is 41.8 Å². The van der Waals surface area contributed by atoms with Gasteiger partial charge in [-0.1, -0.05) is 24.3 Å². The predicted molar refractivity (Wildman–Crippen MR) is 86.9 cm³/mol. The summed E-state index contributed by atoms with van der Waals surface area (Å²) in [7, 11) is -4.00. The van der Waals surface area contributed by atoms with Gasteiger partial charge in [0.05, 0.1) is 5.75 Å². The van der Waals surface area contributed by atoms with Gasteiger partial charge in [0.2, 0.25) is 0 Å². The number of carbonyl (C=O) groups excluding carboxylic acids is 1. The minimum absolute atomic E-state index is 0.149. The zero-order chi connectivity index (χ0) is 16.9. The third-order valence-electron chi connectivity index (χ3n) is 3.21. The Morgan fingerprint density at radius 3 is 2.00 bits per heavy atom. The van der Waals surface area contributed by atoms with Crippen molar-refractivity contribution in [3.05, 3.63) is 54.1 Å². The molecular weight excluding hydrogens is 318 g/mol. The minimum Gasteiger partial charge on any atom is -0.508 e. The molecule has 0 aliphatic heterocycles.